The molecular weight excluding hydrogens is 467 g/mol. The second kappa shape index (κ2) is 14.6. The summed E-state index contributed by atoms with van der Waals surface area (Å²) in [5.41, 5.74) is 7.46. The monoisotopic (exact) mass is 512 g/mol. The van der Waals surface area contributed by atoms with Gasteiger partial charge in [0.15, 0.2) is 0 Å². The van der Waals surface area contributed by atoms with Crippen LogP contribution < -0.4 is 5.73 Å². The van der Waals surface area contributed by atoms with E-state index in [4.69, 9.17) is 10.5 Å². The number of hydrogen-bond acceptors (Lipinski definition) is 4. The van der Waals surface area contributed by atoms with E-state index < -0.39 is 5.60 Å². The number of carbonyl (C=O) groups is 1. The molecule has 0 aliphatic carbocycles. The molecule has 2 aromatic rings. The van der Waals surface area contributed by atoms with Crippen molar-refractivity contribution in [2.24, 2.45) is 11.7 Å². The molecule has 0 bridgehead atoms. The predicted octanol–water partition coefficient (Wildman–Crippen LogP) is 5.82. The minimum atomic E-state index is -1.19. The summed E-state index contributed by atoms with van der Waals surface area (Å²) < 4.78 is 20.7. The lowest BCUT2D eigenvalue weighted by Gasteiger charge is -2.43. The van der Waals surface area contributed by atoms with E-state index in [2.05, 4.69) is 6.92 Å². The standard InChI is InChI=1S/C31H45FN2O3/c1-3-24-11-9-12-25(23-24)30-27(13-10-14-28(30)32)31(36,18-6-8-22-37-2)26-16-20-34(21-17-26)29(35)15-5-4-7-19-33/h9-14,23,26,36H,3-8,15-22,33H2,1-2H3. The molecule has 1 fully saturated rings. The Labute approximate surface area is 222 Å². The Bertz CT molecular complexity index is 990. The number of likely N-dealkylation sites (tertiary alicyclic amines) is 1. The minimum Gasteiger partial charge on any atom is -0.385 e. The van der Waals surface area contributed by atoms with Crippen LogP contribution in [-0.2, 0) is 21.6 Å². The van der Waals surface area contributed by atoms with Crippen molar-refractivity contribution in [1.29, 1.82) is 0 Å². The third kappa shape index (κ3) is 7.62. The number of unbranched alkanes of at least 4 members (excludes halogenated alkanes) is 3. The topological polar surface area (TPSA) is 75.8 Å². The molecule has 0 spiro atoms. The molecule has 5 nitrogen and oxygen atoms in total. The van der Waals surface area contributed by atoms with E-state index >= 15 is 4.39 Å². The minimum absolute atomic E-state index is 0.0637. The van der Waals surface area contributed by atoms with E-state index in [1.54, 1.807) is 13.2 Å². The van der Waals surface area contributed by atoms with Gasteiger partial charge in [-0.2, -0.15) is 0 Å². The highest BCUT2D eigenvalue weighted by molar-refractivity contribution is 5.76. The van der Waals surface area contributed by atoms with Crippen molar-refractivity contribution in [2.45, 2.75) is 76.7 Å². The van der Waals surface area contributed by atoms with Crippen molar-refractivity contribution in [2.75, 3.05) is 33.4 Å². The highest BCUT2D eigenvalue weighted by atomic mass is 19.1. The Morgan fingerprint density at radius 1 is 1.11 bits per heavy atom. The lowest BCUT2D eigenvalue weighted by atomic mass is 9.71. The van der Waals surface area contributed by atoms with E-state index in [9.17, 15) is 9.90 Å². The summed E-state index contributed by atoms with van der Waals surface area (Å²) >= 11 is 0. The van der Waals surface area contributed by atoms with Crippen molar-refractivity contribution in [3.63, 3.8) is 0 Å². The van der Waals surface area contributed by atoms with Crippen LogP contribution in [0.1, 0.15) is 75.8 Å². The zero-order valence-electron chi connectivity index (χ0n) is 22.7. The van der Waals surface area contributed by atoms with Gasteiger partial charge in [0.2, 0.25) is 5.91 Å². The number of aryl methyl sites for hydroxylation is 1. The number of rotatable bonds is 14. The van der Waals surface area contributed by atoms with Crippen molar-refractivity contribution in [3.8, 4) is 11.1 Å². The first kappa shape index (κ1) is 29.3. The molecule has 1 aliphatic heterocycles. The summed E-state index contributed by atoms with van der Waals surface area (Å²) in [6, 6.07) is 13.0. The van der Waals surface area contributed by atoms with Crippen LogP contribution in [0.2, 0.25) is 0 Å². The molecule has 2 aromatic carbocycles. The molecule has 0 aromatic heterocycles. The molecule has 1 heterocycles. The highest BCUT2D eigenvalue weighted by Gasteiger charge is 2.42. The van der Waals surface area contributed by atoms with Gasteiger partial charge in [0.25, 0.3) is 0 Å². The van der Waals surface area contributed by atoms with Crippen LogP contribution >= 0.6 is 0 Å². The van der Waals surface area contributed by atoms with E-state index in [0.29, 0.717) is 63.1 Å². The average molecular weight is 513 g/mol. The van der Waals surface area contributed by atoms with Gasteiger partial charge in [-0.15, -0.1) is 0 Å². The van der Waals surface area contributed by atoms with Gasteiger partial charge in [-0.1, -0.05) is 49.7 Å². The number of ether oxygens (including phenoxy) is 1. The predicted molar refractivity (Wildman–Crippen MR) is 148 cm³/mol. The average Bonchev–Trinajstić information content (AvgIpc) is 2.93. The molecule has 1 aliphatic rings. The molecule has 0 radical (unpaired) electrons. The molecule has 3 rings (SSSR count). The largest absolute Gasteiger partial charge is 0.385 e. The SMILES string of the molecule is CCc1cccc(-c2c(F)cccc2C(O)(CCCCOC)C2CCN(C(=O)CCCCCN)CC2)c1. The quantitative estimate of drug-likeness (QED) is 0.313. The number of benzene rings is 2. The van der Waals surface area contributed by atoms with Gasteiger partial charge in [0.05, 0.1) is 5.60 Å². The number of nitrogens with zero attached hydrogens (tertiary/aromatic N) is 1. The molecule has 1 saturated heterocycles. The van der Waals surface area contributed by atoms with Gasteiger partial charge >= 0.3 is 0 Å². The zero-order valence-corrected chi connectivity index (χ0v) is 22.7. The first-order valence-electron chi connectivity index (χ1n) is 14.0. The van der Waals surface area contributed by atoms with E-state index in [1.165, 1.54) is 6.07 Å². The Morgan fingerprint density at radius 2 is 1.86 bits per heavy atom. The summed E-state index contributed by atoms with van der Waals surface area (Å²) in [6.07, 6.45) is 7.71. The molecule has 0 saturated carbocycles. The van der Waals surface area contributed by atoms with Gasteiger partial charge in [-0.25, -0.2) is 4.39 Å². The van der Waals surface area contributed by atoms with E-state index in [0.717, 1.165) is 49.7 Å². The van der Waals surface area contributed by atoms with Crippen molar-refractivity contribution in [1.82, 2.24) is 4.90 Å². The van der Waals surface area contributed by atoms with Crippen molar-refractivity contribution in [3.05, 3.63) is 59.4 Å². The van der Waals surface area contributed by atoms with Crippen molar-refractivity contribution >= 4 is 5.91 Å². The number of carbonyl (C=O) groups excluding carboxylic acids is 1. The maximum absolute atomic E-state index is 15.5. The van der Waals surface area contributed by atoms with Gasteiger partial charge in [0.1, 0.15) is 5.82 Å². The van der Waals surface area contributed by atoms with Gasteiger partial charge in [-0.3, -0.25) is 4.79 Å². The Balaban J connectivity index is 1.86. The number of hydrogen-bond donors (Lipinski definition) is 2. The first-order valence-corrected chi connectivity index (χ1v) is 14.0. The van der Waals surface area contributed by atoms with Crippen LogP contribution in [0.15, 0.2) is 42.5 Å². The fourth-order valence-corrected chi connectivity index (χ4v) is 5.69. The number of piperidine rings is 1. The van der Waals surface area contributed by atoms with Crippen molar-refractivity contribution < 1.29 is 19.0 Å². The molecule has 204 valence electrons. The molecule has 37 heavy (non-hydrogen) atoms. The van der Waals surface area contributed by atoms with Gasteiger partial charge in [0, 0.05) is 38.8 Å². The molecular formula is C31H45FN2O3. The normalized spacial score (nSPS) is 16.1. The number of aliphatic hydroxyl groups is 1. The summed E-state index contributed by atoms with van der Waals surface area (Å²) in [5.74, 6) is -0.195. The Hall–Kier alpha value is -2.28. The third-order valence-electron chi connectivity index (χ3n) is 7.88. The second-order valence-corrected chi connectivity index (χ2v) is 10.3. The fraction of sp³-hybridized carbons (Fsp3) is 0.581. The summed E-state index contributed by atoms with van der Waals surface area (Å²) in [4.78, 5) is 14.7. The molecule has 1 unspecified atom stereocenters. The maximum atomic E-state index is 15.5. The van der Waals surface area contributed by atoms with Gasteiger partial charge in [-0.05, 0) is 86.6 Å². The molecule has 1 amide bonds. The Morgan fingerprint density at radius 3 is 2.57 bits per heavy atom. The number of halogens is 1. The summed E-state index contributed by atoms with van der Waals surface area (Å²) in [7, 11) is 1.68. The number of amides is 1. The van der Waals surface area contributed by atoms with Crippen LogP contribution in [0.25, 0.3) is 11.1 Å². The van der Waals surface area contributed by atoms with Crippen LogP contribution in [0.5, 0.6) is 0 Å². The lowest BCUT2D eigenvalue weighted by molar-refractivity contribution is -0.135. The Kier molecular flexibility index (Phi) is 11.6. The molecule has 6 heteroatoms. The smallest absolute Gasteiger partial charge is 0.222 e. The summed E-state index contributed by atoms with van der Waals surface area (Å²) in [5, 5.41) is 12.4. The van der Waals surface area contributed by atoms with Crippen LogP contribution in [-0.4, -0.2) is 49.3 Å². The number of methoxy groups -OCH3 is 1. The van der Waals surface area contributed by atoms with Crippen LogP contribution in [0.3, 0.4) is 0 Å². The van der Waals surface area contributed by atoms with Crippen LogP contribution in [0, 0.1) is 11.7 Å². The van der Waals surface area contributed by atoms with Gasteiger partial charge < -0.3 is 20.5 Å². The van der Waals surface area contributed by atoms with Crippen LogP contribution in [0.4, 0.5) is 4.39 Å². The second-order valence-electron chi connectivity index (χ2n) is 10.3. The third-order valence-corrected chi connectivity index (χ3v) is 7.88. The van der Waals surface area contributed by atoms with E-state index in [-0.39, 0.29) is 17.6 Å². The fourth-order valence-electron chi connectivity index (χ4n) is 5.69. The van der Waals surface area contributed by atoms with E-state index in [1.807, 2.05) is 35.2 Å². The molecule has 1 atom stereocenters. The summed E-state index contributed by atoms with van der Waals surface area (Å²) in [6.45, 7) is 4.61. The lowest BCUT2D eigenvalue weighted by Crippen LogP contribution is -2.45. The first-order chi connectivity index (χ1) is 17.9. The maximum Gasteiger partial charge on any atom is 0.222 e. The molecule has 3 N–H and O–H groups in total. The zero-order chi connectivity index (χ0) is 26.7. The number of nitrogens with two attached hydrogens (primary N) is 1. The highest BCUT2D eigenvalue weighted by Crippen LogP contribution is 2.45.